The molecule has 5 nitrogen and oxygen atoms in total. The molecule has 5 heteroatoms. The van der Waals surface area contributed by atoms with Crippen LogP contribution >= 0.6 is 0 Å². The van der Waals surface area contributed by atoms with E-state index < -0.39 is 0 Å². The molecule has 1 aromatic carbocycles. The molecule has 108 valence electrons. The molecule has 2 aromatic rings. The Morgan fingerprint density at radius 3 is 2.70 bits per heavy atom. The zero-order chi connectivity index (χ0) is 14.4. The molecule has 0 fully saturated rings. The van der Waals surface area contributed by atoms with E-state index in [1.165, 1.54) is 5.56 Å². The molecule has 0 saturated carbocycles. The van der Waals surface area contributed by atoms with Crippen molar-refractivity contribution in [1.82, 2.24) is 15.5 Å². The molecule has 2 atom stereocenters. The Kier molecular flexibility index (Phi) is 5.26. The van der Waals surface area contributed by atoms with E-state index in [-0.39, 0.29) is 12.1 Å². The number of benzene rings is 1. The summed E-state index contributed by atoms with van der Waals surface area (Å²) in [6, 6.07) is 10.4. The average molecular weight is 275 g/mol. The summed E-state index contributed by atoms with van der Waals surface area (Å²) in [5, 5.41) is 7.25. The highest BCUT2D eigenvalue weighted by Gasteiger charge is 2.17. The van der Waals surface area contributed by atoms with Crippen molar-refractivity contribution in [3.8, 4) is 0 Å². The summed E-state index contributed by atoms with van der Waals surface area (Å²) in [6.45, 7) is 4.50. The first-order chi connectivity index (χ1) is 9.74. The summed E-state index contributed by atoms with van der Waals surface area (Å²) in [5.41, 5.74) is 1.20. The van der Waals surface area contributed by atoms with Gasteiger partial charge in [0.15, 0.2) is 5.82 Å². The summed E-state index contributed by atoms with van der Waals surface area (Å²) in [4.78, 5) is 4.40. The number of hydrogen-bond acceptors (Lipinski definition) is 5. The number of hydrogen-bond donors (Lipinski definition) is 1. The second-order valence-electron chi connectivity index (χ2n) is 4.60. The molecule has 0 amide bonds. The Morgan fingerprint density at radius 1 is 1.30 bits per heavy atom. The third-order valence-corrected chi connectivity index (χ3v) is 3.19. The fourth-order valence-electron chi connectivity index (χ4n) is 2.09. The van der Waals surface area contributed by atoms with Crippen molar-refractivity contribution in [2.75, 3.05) is 13.7 Å². The molecule has 0 aliphatic rings. The minimum atomic E-state index is -0.137. The maximum absolute atomic E-state index is 5.46. The van der Waals surface area contributed by atoms with E-state index in [9.17, 15) is 0 Å². The predicted molar refractivity (Wildman–Crippen MR) is 76.3 cm³/mol. The third-order valence-electron chi connectivity index (χ3n) is 3.19. The molecule has 0 bridgehead atoms. The van der Waals surface area contributed by atoms with Gasteiger partial charge in [0, 0.05) is 19.1 Å². The molecule has 2 unspecified atom stereocenters. The topological polar surface area (TPSA) is 60.2 Å². The van der Waals surface area contributed by atoms with Crippen molar-refractivity contribution < 1.29 is 9.26 Å². The molecule has 0 spiro atoms. The van der Waals surface area contributed by atoms with Gasteiger partial charge in [-0.3, -0.25) is 0 Å². The first kappa shape index (κ1) is 14.7. The zero-order valence-electron chi connectivity index (χ0n) is 12.2. The van der Waals surface area contributed by atoms with Gasteiger partial charge in [-0.15, -0.1) is 0 Å². The summed E-state index contributed by atoms with van der Waals surface area (Å²) in [6.07, 6.45) is 0.522. The summed E-state index contributed by atoms with van der Waals surface area (Å²) in [5.74, 6) is 1.22. The Labute approximate surface area is 119 Å². The maximum Gasteiger partial charge on any atom is 0.228 e. The Hall–Kier alpha value is -1.72. The van der Waals surface area contributed by atoms with Gasteiger partial charge in [0.1, 0.15) is 6.10 Å². The average Bonchev–Trinajstić information content (AvgIpc) is 2.94. The van der Waals surface area contributed by atoms with Gasteiger partial charge in [0.2, 0.25) is 5.89 Å². The van der Waals surface area contributed by atoms with Crippen molar-refractivity contribution in [3.05, 3.63) is 47.6 Å². The predicted octanol–water partition coefficient (Wildman–Crippen LogP) is 2.67. The molecular weight excluding hydrogens is 254 g/mol. The van der Waals surface area contributed by atoms with Crippen molar-refractivity contribution in [2.24, 2.45) is 0 Å². The summed E-state index contributed by atoms with van der Waals surface area (Å²) < 4.78 is 10.8. The van der Waals surface area contributed by atoms with E-state index in [4.69, 9.17) is 9.26 Å². The van der Waals surface area contributed by atoms with E-state index in [1.807, 2.05) is 39.1 Å². The first-order valence-corrected chi connectivity index (χ1v) is 6.90. The van der Waals surface area contributed by atoms with E-state index >= 15 is 0 Å². The minimum absolute atomic E-state index is 0.137. The molecular formula is C15H21N3O2. The Balaban J connectivity index is 2.05. The van der Waals surface area contributed by atoms with Gasteiger partial charge in [0.25, 0.3) is 0 Å². The number of nitrogens with zero attached hydrogens (tertiary/aromatic N) is 2. The standard InChI is InChI=1S/C15H21N3O2/c1-4-19-11(2)15-17-14(20-18-15)10-13(16-3)12-8-6-5-7-9-12/h5-9,11,13,16H,4,10H2,1-3H3. The zero-order valence-corrected chi connectivity index (χ0v) is 12.2. The maximum atomic E-state index is 5.46. The summed E-state index contributed by atoms with van der Waals surface area (Å²) in [7, 11) is 1.93. The van der Waals surface area contributed by atoms with E-state index in [2.05, 4.69) is 27.6 Å². The van der Waals surface area contributed by atoms with Gasteiger partial charge in [-0.2, -0.15) is 4.98 Å². The molecule has 1 heterocycles. The molecule has 2 rings (SSSR count). The van der Waals surface area contributed by atoms with Crippen LogP contribution in [0.5, 0.6) is 0 Å². The molecule has 0 aliphatic carbocycles. The van der Waals surface area contributed by atoms with Crippen LogP contribution in [0.1, 0.15) is 43.3 Å². The largest absolute Gasteiger partial charge is 0.371 e. The van der Waals surface area contributed by atoms with Crippen LogP contribution < -0.4 is 5.32 Å². The summed E-state index contributed by atoms with van der Waals surface area (Å²) >= 11 is 0. The van der Waals surface area contributed by atoms with Crippen LogP contribution in [-0.2, 0) is 11.2 Å². The second-order valence-corrected chi connectivity index (χ2v) is 4.60. The van der Waals surface area contributed by atoms with Crippen molar-refractivity contribution in [3.63, 3.8) is 0 Å². The normalized spacial score (nSPS) is 14.2. The van der Waals surface area contributed by atoms with Crippen LogP contribution in [0.15, 0.2) is 34.9 Å². The smallest absolute Gasteiger partial charge is 0.228 e. The lowest BCUT2D eigenvalue weighted by molar-refractivity contribution is 0.0683. The SMILES string of the molecule is CCOC(C)c1noc(CC(NC)c2ccccc2)n1. The van der Waals surface area contributed by atoms with E-state index in [0.29, 0.717) is 24.7 Å². The lowest BCUT2D eigenvalue weighted by Crippen LogP contribution is -2.18. The number of nitrogens with one attached hydrogen (secondary N) is 1. The van der Waals surface area contributed by atoms with E-state index in [0.717, 1.165) is 0 Å². The Bertz CT molecular complexity index is 513. The lowest BCUT2D eigenvalue weighted by Gasteiger charge is -2.14. The van der Waals surface area contributed by atoms with Crippen molar-refractivity contribution >= 4 is 0 Å². The van der Waals surface area contributed by atoms with Crippen molar-refractivity contribution in [1.29, 1.82) is 0 Å². The van der Waals surface area contributed by atoms with Gasteiger partial charge in [-0.25, -0.2) is 0 Å². The quantitative estimate of drug-likeness (QED) is 0.841. The van der Waals surface area contributed by atoms with Gasteiger partial charge < -0.3 is 14.6 Å². The van der Waals surface area contributed by atoms with Crippen LogP contribution in [0.2, 0.25) is 0 Å². The fraction of sp³-hybridized carbons (Fsp3) is 0.467. The third kappa shape index (κ3) is 3.65. The van der Waals surface area contributed by atoms with Crippen LogP contribution in [0.4, 0.5) is 0 Å². The number of rotatable bonds is 7. The monoisotopic (exact) mass is 275 g/mol. The van der Waals surface area contributed by atoms with Gasteiger partial charge >= 0.3 is 0 Å². The molecule has 0 saturated heterocycles. The second kappa shape index (κ2) is 7.17. The highest BCUT2D eigenvalue weighted by Crippen LogP contribution is 2.19. The Morgan fingerprint density at radius 2 is 2.05 bits per heavy atom. The molecule has 0 radical (unpaired) electrons. The van der Waals surface area contributed by atoms with Gasteiger partial charge in [0.05, 0.1) is 0 Å². The molecule has 1 aromatic heterocycles. The highest BCUT2D eigenvalue weighted by molar-refractivity contribution is 5.19. The lowest BCUT2D eigenvalue weighted by atomic mass is 10.0. The van der Waals surface area contributed by atoms with E-state index in [1.54, 1.807) is 0 Å². The van der Waals surface area contributed by atoms with Crippen LogP contribution in [-0.4, -0.2) is 23.8 Å². The molecule has 0 aliphatic heterocycles. The number of ether oxygens (including phenoxy) is 1. The van der Waals surface area contributed by atoms with Crippen molar-refractivity contribution in [2.45, 2.75) is 32.4 Å². The molecule has 1 N–H and O–H groups in total. The fourth-order valence-corrected chi connectivity index (χ4v) is 2.09. The number of likely N-dealkylation sites (N-methyl/N-ethyl adjacent to an activating group) is 1. The van der Waals surface area contributed by atoms with Crippen LogP contribution in [0.25, 0.3) is 0 Å². The van der Waals surface area contributed by atoms with Gasteiger partial charge in [-0.1, -0.05) is 35.5 Å². The van der Waals surface area contributed by atoms with Gasteiger partial charge in [-0.05, 0) is 26.5 Å². The van der Waals surface area contributed by atoms with Crippen LogP contribution in [0.3, 0.4) is 0 Å². The first-order valence-electron chi connectivity index (χ1n) is 6.90. The van der Waals surface area contributed by atoms with Crippen LogP contribution in [0, 0.1) is 0 Å². The highest BCUT2D eigenvalue weighted by atomic mass is 16.5. The minimum Gasteiger partial charge on any atom is -0.371 e. The number of aromatic nitrogens is 2. The molecule has 20 heavy (non-hydrogen) atoms.